The summed E-state index contributed by atoms with van der Waals surface area (Å²) in [5, 5.41) is 19.3. The highest BCUT2D eigenvalue weighted by Crippen LogP contribution is 2.39. The number of piperidine rings is 1. The zero-order valence-corrected chi connectivity index (χ0v) is 12.8. The lowest BCUT2D eigenvalue weighted by molar-refractivity contribution is 0.0533. The number of nitrogen functional groups attached to an aromatic ring is 1. The minimum Gasteiger partial charge on any atom is -0.462 e. The molecule has 6 nitrogen and oxygen atoms in total. The number of ether oxygens (including phenoxy) is 1. The van der Waals surface area contributed by atoms with E-state index in [-0.39, 0.29) is 29.7 Å². The summed E-state index contributed by atoms with van der Waals surface area (Å²) in [6.07, 6.45) is 1.92. The maximum Gasteiger partial charge on any atom is 0.350 e. The molecule has 0 radical (unpaired) electrons. The van der Waals surface area contributed by atoms with Crippen molar-refractivity contribution < 1.29 is 14.6 Å². The second kappa shape index (κ2) is 6.78. The Morgan fingerprint density at radius 1 is 1.67 bits per heavy atom. The van der Waals surface area contributed by atoms with Gasteiger partial charge in [0.05, 0.1) is 12.3 Å². The van der Waals surface area contributed by atoms with Gasteiger partial charge >= 0.3 is 5.97 Å². The van der Waals surface area contributed by atoms with Crippen LogP contribution in [0.15, 0.2) is 0 Å². The number of nitrogens with zero attached hydrogens (tertiary/aromatic N) is 2. The van der Waals surface area contributed by atoms with Crippen molar-refractivity contribution in [1.29, 1.82) is 5.26 Å². The number of aliphatic hydroxyl groups excluding tert-OH is 1. The molecule has 1 fully saturated rings. The van der Waals surface area contributed by atoms with E-state index in [1.54, 1.807) is 6.92 Å². The molecule has 1 aliphatic rings. The highest BCUT2D eigenvalue weighted by Gasteiger charge is 2.28. The summed E-state index contributed by atoms with van der Waals surface area (Å²) in [4.78, 5) is 14.2. The third kappa shape index (κ3) is 3.12. The van der Waals surface area contributed by atoms with Crippen molar-refractivity contribution in [2.75, 3.05) is 36.9 Å². The predicted molar refractivity (Wildman–Crippen MR) is 81.4 cm³/mol. The molecule has 2 rings (SSSR count). The molecule has 1 aromatic heterocycles. The van der Waals surface area contributed by atoms with Crippen LogP contribution in [-0.2, 0) is 4.74 Å². The van der Waals surface area contributed by atoms with E-state index in [0.29, 0.717) is 17.1 Å². The molecule has 0 amide bonds. The molecular weight excluding hydrogens is 290 g/mol. The molecule has 0 spiro atoms. The average molecular weight is 309 g/mol. The quantitative estimate of drug-likeness (QED) is 0.819. The van der Waals surface area contributed by atoms with Crippen molar-refractivity contribution in [2.24, 2.45) is 5.92 Å². The van der Waals surface area contributed by atoms with E-state index >= 15 is 0 Å². The summed E-state index contributed by atoms with van der Waals surface area (Å²) in [5.74, 6) is -0.293. The fourth-order valence-corrected chi connectivity index (χ4v) is 3.61. The van der Waals surface area contributed by atoms with Crippen molar-refractivity contribution in [1.82, 2.24) is 0 Å². The second-order valence-electron chi connectivity index (χ2n) is 4.99. The van der Waals surface area contributed by atoms with Crippen molar-refractivity contribution in [2.45, 2.75) is 19.8 Å². The zero-order chi connectivity index (χ0) is 15.4. The van der Waals surface area contributed by atoms with Gasteiger partial charge in [0.25, 0.3) is 0 Å². The number of hydrogen-bond acceptors (Lipinski definition) is 7. The van der Waals surface area contributed by atoms with Crippen LogP contribution >= 0.6 is 11.3 Å². The van der Waals surface area contributed by atoms with Gasteiger partial charge in [0.2, 0.25) is 0 Å². The summed E-state index contributed by atoms with van der Waals surface area (Å²) >= 11 is 1.20. The number of carbonyl (C=O) groups is 1. The number of anilines is 2. The summed E-state index contributed by atoms with van der Waals surface area (Å²) in [6, 6.07) is 2.08. The number of rotatable bonds is 4. The Bertz CT molecular complexity index is 565. The molecular formula is C14H19N3O3S. The Morgan fingerprint density at radius 2 is 2.43 bits per heavy atom. The lowest BCUT2D eigenvalue weighted by atomic mass is 9.99. The Labute approximate surface area is 127 Å². The first-order valence-corrected chi connectivity index (χ1v) is 7.79. The van der Waals surface area contributed by atoms with E-state index in [9.17, 15) is 15.2 Å². The second-order valence-corrected chi connectivity index (χ2v) is 5.99. The van der Waals surface area contributed by atoms with Gasteiger partial charge in [-0.25, -0.2) is 4.79 Å². The van der Waals surface area contributed by atoms with Crippen LogP contribution < -0.4 is 10.6 Å². The van der Waals surface area contributed by atoms with Gasteiger partial charge in [0.15, 0.2) is 0 Å². The number of thiophene rings is 1. The van der Waals surface area contributed by atoms with Crippen LogP contribution in [0.25, 0.3) is 0 Å². The van der Waals surface area contributed by atoms with E-state index < -0.39 is 5.97 Å². The minimum absolute atomic E-state index is 0.129. The molecule has 1 aromatic rings. The first-order valence-electron chi connectivity index (χ1n) is 6.97. The molecule has 0 aromatic carbocycles. The summed E-state index contributed by atoms with van der Waals surface area (Å²) in [5.41, 5.74) is 6.46. The Hall–Kier alpha value is -1.78. The standard InChI is InChI=1S/C14H19N3O3S/c1-2-20-14(19)12-11(16)10(6-15)13(21-12)17-5-3-4-9(7-17)8-18/h9,18H,2-5,7-8,16H2,1H3. The third-order valence-corrected chi connectivity index (χ3v) is 4.81. The van der Waals surface area contributed by atoms with Gasteiger partial charge in [0, 0.05) is 19.7 Å². The third-order valence-electron chi connectivity index (χ3n) is 3.56. The van der Waals surface area contributed by atoms with Crippen molar-refractivity contribution in [3.63, 3.8) is 0 Å². The molecule has 0 saturated carbocycles. The highest BCUT2D eigenvalue weighted by atomic mass is 32.1. The van der Waals surface area contributed by atoms with Crippen LogP contribution in [-0.4, -0.2) is 37.4 Å². The van der Waals surface area contributed by atoms with Gasteiger partial charge in [-0.05, 0) is 25.7 Å². The molecule has 0 bridgehead atoms. The maximum absolute atomic E-state index is 11.9. The highest BCUT2D eigenvalue weighted by molar-refractivity contribution is 7.18. The van der Waals surface area contributed by atoms with Crippen LogP contribution in [0.2, 0.25) is 0 Å². The van der Waals surface area contributed by atoms with Gasteiger partial charge < -0.3 is 20.5 Å². The Kier molecular flexibility index (Phi) is 5.04. The normalized spacial score (nSPS) is 18.3. The molecule has 0 aliphatic carbocycles. The van der Waals surface area contributed by atoms with Gasteiger partial charge in [0.1, 0.15) is 21.5 Å². The van der Waals surface area contributed by atoms with Gasteiger partial charge in [-0.1, -0.05) is 0 Å². The molecule has 2 heterocycles. The number of aliphatic hydroxyl groups is 1. The predicted octanol–water partition coefficient (Wildman–Crippen LogP) is 1.59. The molecule has 1 atom stereocenters. The number of carbonyl (C=O) groups excluding carboxylic acids is 1. The smallest absolute Gasteiger partial charge is 0.350 e. The van der Waals surface area contributed by atoms with Crippen LogP contribution in [0.5, 0.6) is 0 Å². The molecule has 21 heavy (non-hydrogen) atoms. The Balaban J connectivity index is 2.33. The zero-order valence-electron chi connectivity index (χ0n) is 12.0. The molecule has 1 unspecified atom stereocenters. The number of esters is 1. The van der Waals surface area contributed by atoms with E-state index in [4.69, 9.17) is 10.5 Å². The topological polar surface area (TPSA) is 99.6 Å². The van der Waals surface area contributed by atoms with Crippen molar-refractivity contribution in [3.05, 3.63) is 10.4 Å². The van der Waals surface area contributed by atoms with Gasteiger partial charge in [-0.3, -0.25) is 0 Å². The lowest BCUT2D eigenvalue weighted by Gasteiger charge is -2.32. The van der Waals surface area contributed by atoms with E-state index in [1.807, 2.05) is 4.90 Å². The minimum atomic E-state index is -0.488. The number of hydrogen-bond donors (Lipinski definition) is 2. The van der Waals surface area contributed by atoms with E-state index in [1.165, 1.54) is 11.3 Å². The SMILES string of the molecule is CCOC(=O)c1sc(N2CCCC(CO)C2)c(C#N)c1N. The van der Waals surface area contributed by atoms with Gasteiger partial charge in [-0.2, -0.15) is 5.26 Å². The maximum atomic E-state index is 11.9. The molecule has 7 heteroatoms. The number of nitriles is 1. The first kappa shape index (κ1) is 15.6. The monoisotopic (exact) mass is 309 g/mol. The van der Waals surface area contributed by atoms with Crippen molar-refractivity contribution >= 4 is 28.0 Å². The van der Waals surface area contributed by atoms with E-state index in [0.717, 1.165) is 19.4 Å². The average Bonchev–Trinajstić information content (AvgIpc) is 2.84. The van der Waals surface area contributed by atoms with Crippen LogP contribution in [0.4, 0.5) is 10.7 Å². The van der Waals surface area contributed by atoms with Crippen LogP contribution in [0.3, 0.4) is 0 Å². The Morgan fingerprint density at radius 3 is 3.05 bits per heavy atom. The summed E-state index contributed by atoms with van der Waals surface area (Å²) in [7, 11) is 0. The van der Waals surface area contributed by atoms with Crippen LogP contribution in [0.1, 0.15) is 35.0 Å². The molecule has 114 valence electrons. The fourth-order valence-electron chi connectivity index (χ4n) is 2.51. The summed E-state index contributed by atoms with van der Waals surface area (Å²) in [6.45, 7) is 3.60. The van der Waals surface area contributed by atoms with Crippen LogP contribution in [0, 0.1) is 17.2 Å². The summed E-state index contributed by atoms with van der Waals surface area (Å²) < 4.78 is 4.97. The number of nitrogens with two attached hydrogens (primary N) is 1. The lowest BCUT2D eigenvalue weighted by Crippen LogP contribution is -2.36. The first-order chi connectivity index (χ1) is 10.1. The van der Waals surface area contributed by atoms with E-state index in [2.05, 4.69) is 6.07 Å². The molecule has 1 saturated heterocycles. The molecule has 3 N–H and O–H groups in total. The van der Waals surface area contributed by atoms with Crippen molar-refractivity contribution in [3.8, 4) is 6.07 Å². The largest absolute Gasteiger partial charge is 0.462 e. The van der Waals surface area contributed by atoms with Gasteiger partial charge in [-0.15, -0.1) is 11.3 Å². The fraction of sp³-hybridized carbons (Fsp3) is 0.571. The molecule has 1 aliphatic heterocycles.